The summed E-state index contributed by atoms with van der Waals surface area (Å²) >= 11 is 0. The molecule has 4 nitrogen and oxygen atoms in total. The summed E-state index contributed by atoms with van der Waals surface area (Å²) in [7, 11) is 0. The Kier molecular flexibility index (Phi) is 10.0. The average Bonchev–Trinajstić information content (AvgIpc) is 2.85. The first-order valence-corrected chi connectivity index (χ1v) is 11.0. The van der Waals surface area contributed by atoms with Gasteiger partial charge >= 0.3 is 0 Å². The van der Waals surface area contributed by atoms with Gasteiger partial charge in [0.05, 0.1) is 38.8 Å². The Morgan fingerprint density at radius 1 is 0.688 bits per heavy atom. The van der Waals surface area contributed by atoms with E-state index in [1.54, 1.807) is 0 Å². The summed E-state index contributed by atoms with van der Waals surface area (Å²) in [5.74, 6) is 0. The van der Waals surface area contributed by atoms with Crippen LogP contribution in [0.1, 0.15) is 23.6 Å². The molecular weight excluding hydrogens is 400 g/mol. The van der Waals surface area contributed by atoms with Crippen molar-refractivity contribution in [3.05, 3.63) is 121 Å². The van der Waals surface area contributed by atoms with Gasteiger partial charge in [0.15, 0.2) is 0 Å². The second-order valence-corrected chi connectivity index (χ2v) is 7.60. The maximum absolute atomic E-state index is 6.32. The van der Waals surface area contributed by atoms with Gasteiger partial charge in [-0.2, -0.15) is 0 Å². The van der Waals surface area contributed by atoms with Gasteiger partial charge < -0.3 is 18.9 Å². The standard InChI is InChI=1S/C28H32O4/c1-3-30-27(22-29-19-24-13-7-4-8-14-24)28(32-21-26-17-11-6-12-18-26)23(2)31-20-25-15-9-5-10-16-25/h3-18,23,27-28H,1,19-22H2,2H3. The molecule has 0 fully saturated rings. The Bertz CT molecular complexity index is 883. The molecule has 4 heteroatoms. The average molecular weight is 433 g/mol. The lowest BCUT2D eigenvalue weighted by molar-refractivity contribution is -0.144. The fourth-order valence-corrected chi connectivity index (χ4v) is 3.41. The van der Waals surface area contributed by atoms with Crippen LogP contribution in [0.2, 0.25) is 0 Å². The lowest BCUT2D eigenvalue weighted by Gasteiger charge is -2.31. The molecule has 0 bridgehead atoms. The van der Waals surface area contributed by atoms with Crippen molar-refractivity contribution in [3.8, 4) is 0 Å². The van der Waals surface area contributed by atoms with E-state index in [4.69, 9.17) is 18.9 Å². The van der Waals surface area contributed by atoms with Crippen LogP contribution in [0.5, 0.6) is 0 Å². The molecule has 0 spiro atoms. The molecule has 3 aromatic rings. The van der Waals surface area contributed by atoms with Crippen molar-refractivity contribution in [1.82, 2.24) is 0 Å². The zero-order valence-electron chi connectivity index (χ0n) is 18.6. The maximum Gasteiger partial charge on any atom is 0.150 e. The van der Waals surface area contributed by atoms with E-state index < -0.39 is 0 Å². The summed E-state index contributed by atoms with van der Waals surface area (Å²) in [6.07, 6.45) is 0.530. The minimum Gasteiger partial charge on any atom is -0.493 e. The molecule has 0 amide bonds. The summed E-state index contributed by atoms with van der Waals surface area (Å²) < 4.78 is 24.3. The highest BCUT2D eigenvalue weighted by Gasteiger charge is 2.30. The minimum atomic E-state index is -0.356. The molecule has 3 atom stereocenters. The summed E-state index contributed by atoms with van der Waals surface area (Å²) in [6, 6.07) is 30.3. The molecule has 3 aromatic carbocycles. The first kappa shape index (κ1) is 23.7. The van der Waals surface area contributed by atoms with E-state index in [0.29, 0.717) is 26.4 Å². The Morgan fingerprint density at radius 3 is 1.66 bits per heavy atom. The Morgan fingerprint density at radius 2 is 1.16 bits per heavy atom. The molecule has 0 radical (unpaired) electrons. The molecule has 0 aliphatic rings. The van der Waals surface area contributed by atoms with Gasteiger partial charge in [-0.25, -0.2) is 0 Å². The number of ether oxygens (including phenoxy) is 4. The van der Waals surface area contributed by atoms with Gasteiger partial charge in [0.25, 0.3) is 0 Å². The topological polar surface area (TPSA) is 36.9 Å². The van der Waals surface area contributed by atoms with Gasteiger partial charge in [-0.3, -0.25) is 0 Å². The fraction of sp³-hybridized carbons (Fsp3) is 0.286. The lowest BCUT2D eigenvalue weighted by atomic mass is 10.1. The van der Waals surface area contributed by atoms with E-state index in [1.807, 2.05) is 97.9 Å². The largest absolute Gasteiger partial charge is 0.493 e. The molecule has 0 N–H and O–H groups in total. The fourth-order valence-electron chi connectivity index (χ4n) is 3.41. The first-order chi connectivity index (χ1) is 15.8. The number of rotatable bonds is 14. The van der Waals surface area contributed by atoms with Crippen LogP contribution in [0.4, 0.5) is 0 Å². The van der Waals surface area contributed by atoms with E-state index in [2.05, 4.69) is 6.58 Å². The second-order valence-electron chi connectivity index (χ2n) is 7.60. The Labute approximate surface area is 191 Å². The predicted octanol–water partition coefficient (Wildman–Crippen LogP) is 5.92. The highest BCUT2D eigenvalue weighted by atomic mass is 16.6. The maximum atomic E-state index is 6.32. The molecule has 0 saturated heterocycles. The van der Waals surface area contributed by atoms with Gasteiger partial charge in [-0.15, -0.1) is 0 Å². The van der Waals surface area contributed by atoms with Crippen LogP contribution < -0.4 is 0 Å². The first-order valence-electron chi connectivity index (χ1n) is 11.0. The molecule has 0 heterocycles. The second kappa shape index (κ2) is 13.5. The Hall–Kier alpha value is -2.92. The SMILES string of the molecule is C=COC(COCc1ccccc1)C(OCc1ccccc1)C(C)OCc1ccccc1. The monoisotopic (exact) mass is 432 g/mol. The van der Waals surface area contributed by atoms with E-state index >= 15 is 0 Å². The summed E-state index contributed by atoms with van der Waals surface area (Å²) in [5, 5.41) is 0. The van der Waals surface area contributed by atoms with E-state index in [1.165, 1.54) is 6.26 Å². The molecule has 0 aliphatic heterocycles. The van der Waals surface area contributed by atoms with Crippen molar-refractivity contribution in [3.63, 3.8) is 0 Å². The van der Waals surface area contributed by atoms with Crippen LogP contribution in [-0.4, -0.2) is 24.9 Å². The number of hydrogen-bond donors (Lipinski definition) is 0. The zero-order valence-corrected chi connectivity index (χ0v) is 18.6. The van der Waals surface area contributed by atoms with Crippen LogP contribution in [0, 0.1) is 0 Å². The van der Waals surface area contributed by atoms with Gasteiger partial charge in [-0.1, -0.05) is 97.6 Å². The van der Waals surface area contributed by atoms with Crippen LogP contribution in [0.15, 0.2) is 104 Å². The zero-order chi connectivity index (χ0) is 22.4. The van der Waals surface area contributed by atoms with Crippen molar-refractivity contribution >= 4 is 0 Å². The van der Waals surface area contributed by atoms with Gasteiger partial charge in [0.2, 0.25) is 0 Å². The molecule has 168 valence electrons. The molecule has 0 aliphatic carbocycles. The van der Waals surface area contributed by atoms with Crippen molar-refractivity contribution in [2.45, 2.75) is 45.1 Å². The normalized spacial score (nSPS) is 13.8. The van der Waals surface area contributed by atoms with E-state index in [9.17, 15) is 0 Å². The molecule has 3 unspecified atom stereocenters. The lowest BCUT2D eigenvalue weighted by Crippen LogP contribution is -2.43. The van der Waals surface area contributed by atoms with E-state index in [0.717, 1.165) is 16.7 Å². The van der Waals surface area contributed by atoms with Crippen LogP contribution in [-0.2, 0) is 38.8 Å². The number of benzene rings is 3. The van der Waals surface area contributed by atoms with E-state index in [-0.39, 0.29) is 18.3 Å². The highest BCUT2D eigenvalue weighted by Crippen LogP contribution is 2.18. The minimum absolute atomic E-state index is 0.218. The van der Waals surface area contributed by atoms with Crippen LogP contribution in [0.25, 0.3) is 0 Å². The van der Waals surface area contributed by atoms with Crippen LogP contribution >= 0.6 is 0 Å². The highest BCUT2D eigenvalue weighted by molar-refractivity contribution is 5.15. The molecule has 0 saturated carbocycles. The third kappa shape index (κ3) is 7.97. The van der Waals surface area contributed by atoms with Gasteiger partial charge in [-0.05, 0) is 23.6 Å². The van der Waals surface area contributed by atoms with Gasteiger partial charge in [0, 0.05) is 0 Å². The van der Waals surface area contributed by atoms with Crippen molar-refractivity contribution < 1.29 is 18.9 Å². The third-order valence-corrected chi connectivity index (χ3v) is 5.13. The molecular formula is C28H32O4. The molecule has 3 rings (SSSR count). The summed E-state index contributed by atoms with van der Waals surface area (Å²) in [4.78, 5) is 0. The molecule has 32 heavy (non-hydrogen) atoms. The Balaban J connectivity index is 1.65. The predicted molar refractivity (Wildman–Crippen MR) is 127 cm³/mol. The van der Waals surface area contributed by atoms with Crippen molar-refractivity contribution in [2.24, 2.45) is 0 Å². The van der Waals surface area contributed by atoms with Crippen molar-refractivity contribution in [2.75, 3.05) is 6.61 Å². The quantitative estimate of drug-likeness (QED) is 0.296. The summed E-state index contributed by atoms with van der Waals surface area (Å²) in [6.45, 7) is 7.58. The van der Waals surface area contributed by atoms with Crippen LogP contribution in [0.3, 0.4) is 0 Å². The smallest absolute Gasteiger partial charge is 0.150 e. The number of hydrogen-bond acceptors (Lipinski definition) is 4. The van der Waals surface area contributed by atoms with Gasteiger partial charge in [0.1, 0.15) is 12.2 Å². The van der Waals surface area contributed by atoms with Crippen molar-refractivity contribution in [1.29, 1.82) is 0 Å². The summed E-state index contributed by atoms with van der Waals surface area (Å²) in [5.41, 5.74) is 3.32. The third-order valence-electron chi connectivity index (χ3n) is 5.13. The molecule has 0 aromatic heterocycles.